The number of ether oxygens (including phenoxy) is 1. The summed E-state index contributed by atoms with van der Waals surface area (Å²) >= 11 is 1.66. The van der Waals surface area contributed by atoms with E-state index in [-0.39, 0.29) is 5.84 Å². The van der Waals surface area contributed by atoms with Crippen molar-refractivity contribution in [2.24, 2.45) is 10.9 Å². The molecule has 1 atom stereocenters. The predicted octanol–water partition coefficient (Wildman–Crippen LogP) is 1.92. The van der Waals surface area contributed by atoms with Crippen molar-refractivity contribution in [2.45, 2.75) is 17.9 Å². The second kappa shape index (κ2) is 5.50. The van der Waals surface area contributed by atoms with E-state index < -0.39 is 6.10 Å². The first kappa shape index (κ1) is 11.7. The van der Waals surface area contributed by atoms with Gasteiger partial charge >= 0.3 is 0 Å². The summed E-state index contributed by atoms with van der Waals surface area (Å²) in [4.78, 5) is 1.17. The Morgan fingerprint density at radius 1 is 1.47 bits per heavy atom. The minimum Gasteiger partial charge on any atom is -0.483 e. The standard InChI is InChI=1S/C10H14N2O2S/c1-7(10(11)12-13)14-8-3-5-9(15-2)6-4-8/h3-7,13H,1-2H3,(H2,11,12). The molecule has 1 rings (SSSR count). The number of thioether (sulfide) groups is 1. The van der Waals surface area contributed by atoms with Crippen LogP contribution in [0.3, 0.4) is 0 Å². The third kappa shape index (κ3) is 3.36. The fourth-order valence-electron chi connectivity index (χ4n) is 1.00. The van der Waals surface area contributed by atoms with Gasteiger partial charge in [0.1, 0.15) is 5.75 Å². The van der Waals surface area contributed by atoms with Gasteiger partial charge in [0.25, 0.3) is 0 Å². The smallest absolute Gasteiger partial charge is 0.180 e. The van der Waals surface area contributed by atoms with Gasteiger partial charge in [-0.3, -0.25) is 0 Å². The van der Waals surface area contributed by atoms with Gasteiger partial charge in [0.2, 0.25) is 0 Å². The molecule has 3 N–H and O–H groups in total. The van der Waals surface area contributed by atoms with Gasteiger partial charge < -0.3 is 15.7 Å². The van der Waals surface area contributed by atoms with Gasteiger partial charge in [-0.15, -0.1) is 11.8 Å². The Labute approximate surface area is 93.1 Å². The third-order valence-corrected chi connectivity index (χ3v) is 2.65. The lowest BCUT2D eigenvalue weighted by molar-refractivity contribution is 0.265. The quantitative estimate of drug-likeness (QED) is 0.270. The monoisotopic (exact) mass is 226 g/mol. The van der Waals surface area contributed by atoms with E-state index in [1.807, 2.05) is 30.5 Å². The average Bonchev–Trinajstić information content (AvgIpc) is 2.29. The summed E-state index contributed by atoms with van der Waals surface area (Å²) < 4.78 is 5.44. The van der Waals surface area contributed by atoms with Crippen LogP contribution in [0.5, 0.6) is 5.75 Å². The van der Waals surface area contributed by atoms with Crippen LogP contribution in [0.1, 0.15) is 6.92 Å². The van der Waals surface area contributed by atoms with Crippen molar-refractivity contribution < 1.29 is 9.94 Å². The molecule has 0 spiro atoms. The predicted molar refractivity (Wildman–Crippen MR) is 61.7 cm³/mol. The van der Waals surface area contributed by atoms with Gasteiger partial charge in [-0.05, 0) is 37.4 Å². The molecule has 0 amide bonds. The molecule has 0 saturated heterocycles. The molecule has 0 aliphatic heterocycles. The van der Waals surface area contributed by atoms with Crippen LogP contribution in [0.2, 0.25) is 0 Å². The molecular formula is C10H14N2O2S. The van der Waals surface area contributed by atoms with Crippen molar-refractivity contribution in [3.63, 3.8) is 0 Å². The maximum atomic E-state index is 8.45. The Hall–Kier alpha value is -1.36. The zero-order valence-electron chi connectivity index (χ0n) is 8.68. The topological polar surface area (TPSA) is 67.8 Å². The molecule has 1 unspecified atom stereocenters. The van der Waals surface area contributed by atoms with Gasteiger partial charge in [-0.2, -0.15) is 0 Å². The number of benzene rings is 1. The fourth-order valence-corrected chi connectivity index (χ4v) is 1.41. The van der Waals surface area contributed by atoms with E-state index in [0.717, 1.165) is 0 Å². The minimum absolute atomic E-state index is 0.0592. The molecule has 0 aromatic heterocycles. The number of oxime groups is 1. The first-order valence-electron chi connectivity index (χ1n) is 4.45. The van der Waals surface area contributed by atoms with Crippen molar-refractivity contribution in [1.82, 2.24) is 0 Å². The highest BCUT2D eigenvalue weighted by molar-refractivity contribution is 7.98. The fraction of sp³-hybridized carbons (Fsp3) is 0.300. The van der Waals surface area contributed by atoms with Crippen molar-refractivity contribution in [3.05, 3.63) is 24.3 Å². The highest BCUT2D eigenvalue weighted by atomic mass is 32.2. The van der Waals surface area contributed by atoms with Crippen molar-refractivity contribution in [2.75, 3.05) is 6.26 Å². The number of hydrogen-bond donors (Lipinski definition) is 2. The Bertz CT molecular complexity index is 338. The summed E-state index contributed by atoms with van der Waals surface area (Å²) in [7, 11) is 0. The van der Waals surface area contributed by atoms with Crippen LogP contribution in [-0.2, 0) is 0 Å². The molecule has 15 heavy (non-hydrogen) atoms. The number of nitrogens with zero attached hydrogens (tertiary/aromatic N) is 1. The second-order valence-corrected chi connectivity index (χ2v) is 3.84. The third-order valence-electron chi connectivity index (χ3n) is 1.90. The van der Waals surface area contributed by atoms with Crippen molar-refractivity contribution in [3.8, 4) is 5.75 Å². The molecular weight excluding hydrogens is 212 g/mol. The molecule has 0 aliphatic rings. The highest BCUT2D eigenvalue weighted by Gasteiger charge is 2.08. The summed E-state index contributed by atoms with van der Waals surface area (Å²) in [6, 6.07) is 7.62. The van der Waals surface area contributed by atoms with Crippen molar-refractivity contribution in [1.29, 1.82) is 0 Å². The maximum absolute atomic E-state index is 8.45. The molecule has 1 aromatic rings. The van der Waals surface area contributed by atoms with Crippen LogP contribution in [0.25, 0.3) is 0 Å². The van der Waals surface area contributed by atoms with E-state index in [1.54, 1.807) is 18.7 Å². The van der Waals surface area contributed by atoms with Crippen LogP contribution in [0.4, 0.5) is 0 Å². The lowest BCUT2D eigenvalue weighted by Gasteiger charge is -2.12. The summed E-state index contributed by atoms with van der Waals surface area (Å²) in [5.74, 6) is 0.760. The Morgan fingerprint density at radius 3 is 2.53 bits per heavy atom. The molecule has 0 radical (unpaired) electrons. The molecule has 4 nitrogen and oxygen atoms in total. The zero-order chi connectivity index (χ0) is 11.3. The van der Waals surface area contributed by atoms with Crippen LogP contribution in [0.15, 0.2) is 34.3 Å². The van der Waals surface area contributed by atoms with E-state index in [2.05, 4.69) is 5.16 Å². The molecule has 0 heterocycles. The summed E-state index contributed by atoms with van der Waals surface area (Å²) in [6.07, 6.45) is 1.57. The van der Waals surface area contributed by atoms with Crippen LogP contribution >= 0.6 is 11.8 Å². The summed E-state index contributed by atoms with van der Waals surface area (Å²) in [6.45, 7) is 1.72. The Kier molecular flexibility index (Phi) is 4.30. The van der Waals surface area contributed by atoms with Crippen molar-refractivity contribution >= 4 is 17.6 Å². The van der Waals surface area contributed by atoms with E-state index in [4.69, 9.17) is 15.7 Å². The van der Waals surface area contributed by atoms with Gasteiger partial charge in [0.15, 0.2) is 11.9 Å². The SMILES string of the molecule is CSc1ccc(OC(C)C(N)=NO)cc1. The molecule has 1 aromatic carbocycles. The first-order chi connectivity index (χ1) is 7.17. The van der Waals surface area contributed by atoms with Gasteiger partial charge in [0, 0.05) is 4.90 Å². The van der Waals surface area contributed by atoms with Gasteiger partial charge in [-0.1, -0.05) is 5.16 Å². The molecule has 5 heteroatoms. The summed E-state index contributed by atoms with van der Waals surface area (Å²) in [5, 5.41) is 11.3. The second-order valence-electron chi connectivity index (χ2n) is 2.96. The first-order valence-corrected chi connectivity index (χ1v) is 5.68. The Morgan fingerprint density at radius 2 is 2.07 bits per heavy atom. The summed E-state index contributed by atoms with van der Waals surface area (Å²) in [5.41, 5.74) is 5.39. The van der Waals surface area contributed by atoms with Crippen LogP contribution in [0, 0.1) is 0 Å². The van der Waals surface area contributed by atoms with E-state index in [9.17, 15) is 0 Å². The Balaban J connectivity index is 2.65. The number of rotatable bonds is 4. The van der Waals surface area contributed by atoms with Gasteiger partial charge in [0.05, 0.1) is 0 Å². The van der Waals surface area contributed by atoms with E-state index >= 15 is 0 Å². The van der Waals surface area contributed by atoms with Gasteiger partial charge in [-0.25, -0.2) is 0 Å². The molecule has 0 fully saturated rings. The number of amidine groups is 1. The molecule has 0 aliphatic carbocycles. The highest BCUT2D eigenvalue weighted by Crippen LogP contribution is 2.19. The number of hydrogen-bond acceptors (Lipinski definition) is 4. The van der Waals surface area contributed by atoms with Crippen LogP contribution in [-0.4, -0.2) is 23.4 Å². The van der Waals surface area contributed by atoms with E-state index in [1.165, 1.54) is 4.90 Å². The average molecular weight is 226 g/mol. The van der Waals surface area contributed by atoms with E-state index in [0.29, 0.717) is 5.75 Å². The molecule has 0 bridgehead atoms. The normalized spacial score (nSPS) is 13.6. The largest absolute Gasteiger partial charge is 0.483 e. The lowest BCUT2D eigenvalue weighted by atomic mass is 10.3. The molecule has 0 saturated carbocycles. The minimum atomic E-state index is -0.435. The zero-order valence-corrected chi connectivity index (χ0v) is 9.49. The maximum Gasteiger partial charge on any atom is 0.180 e. The molecule has 82 valence electrons. The lowest BCUT2D eigenvalue weighted by Crippen LogP contribution is -2.31. The van der Waals surface area contributed by atoms with Crippen LogP contribution < -0.4 is 10.5 Å². The number of nitrogens with two attached hydrogens (primary N) is 1.